The van der Waals surface area contributed by atoms with E-state index in [-0.39, 0.29) is 6.04 Å². The molecular formula is C8H15NO. The van der Waals surface area contributed by atoms with E-state index in [9.17, 15) is 4.79 Å². The zero-order chi connectivity index (χ0) is 7.56. The van der Waals surface area contributed by atoms with Crippen LogP contribution in [0.25, 0.3) is 0 Å². The molecule has 2 nitrogen and oxygen atoms in total. The van der Waals surface area contributed by atoms with Crippen LogP contribution in [0.15, 0.2) is 0 Å². The highest BCUT2D eigenvalue weighted by Crippen LogP contribution is 2.30. The second kappa shape index (κ2) is 3.15. The number of nitrogens with zero attached hydrogens (tertiary/aromatic N) is 1. The quantitative estimate of drug-likeness (QED) is 0.545. The van der Waals surface area contributed by atoms with Crippen molar-refractivity contribution < 1.29 is 4.79 Å². The molecule has 0 saturated heterocycles. The first kappa shape index (κ1) is 7.73. The van der Waals surface area contributed by atoms with Gasteiger partial charge >= 0.3 is 0 Å². The van der Waals surface area contributed by atoms with Gasteiger partial charge in [-0.2, -0.15) is 0 Å². The van der Waals surface area contributed by atoms with Crippen molar-refractivity contribution in [1.29, 1.82) is 0 Å². The first-order chi connectivity index (χ1) is 4.75. The van der Waals surface area contributed by atoms with E-state index in [0.29, 0.717) is 5.92 Å². The minimum absolute atomic E-state index is 0.175. The minimum atomic E-state index is 0.175. The summed E-state index contributed by atoms with van der Waals surface area (Å²) in [6.07, 6.45) is 4.86. The highest BCUT2D eigenvalue weighted by Gasteiger charge is 2.27. The predicted octanol–water partition coefficient (Wildman–Crippen LogP) is 0.916. The van der Waals surface area contributed by atoms with Gasteiger partial charge in [0.15, 0.2) is 0 Å². The van der Waals surface area contributed by atoms with Gasteiger partial charge in [0.05, 0.1) is 6.04 Å². The first-order valence-electron chi connectivity index (χ1n) is 3.87. The van der Waals surface area contributed by atoms with Crippen LogP contribution >= 0.6 is 0 Å². The normalized spacial score (nSPS) is 22.3. The molecule has 1 aliphatic rings. The Balaban J connectivity index is 2.38. The number of rotatable bonds is 3. The molecule has 1 unspecified atom stereocenters. The Morgan fingerprint density at radius 2 is 2.10 bits per heavy atom. The lowest BCUT2D eigenvalue weighted by molar-refractivity contribution is -0.114. The molecule has 0 amide bonds. The van der Waals surface area contributed by atoms with Crippen LogP contribution in [0, 0.1) is 5.92 Å². The molecule has 0 radical (unpaired) electrons. The summed E-state index contributed by atoms with van der Waals surface area (Å²) >= 11 is 0. The molecule has 0 spiro atoms. The van der Waals surface area contributed by atoms with E-state index in [1.165, 1.54) is 19.3 Å². The maximum atomic E-state index is 10.5. The molecule has 1 rings (SSSR count). The predicted molar refractivity (Wildman–Crippen MR) is 40.9 cm³/mol. The molecule has 1 atom stereocenters. The summed E-state index contributed by atoms with van der Waals surface area (Å²) in [5, 5.41) is 0. The van der Waals surface area contributed by atoms with Gasteiger partial charge in [-0.3, -0.25) is 4.90 Å². The summed E-state index contributed by atoms with van der Waals surface area (Å²) < 4.78 is 0. The van der Waals surface area contributed by atoms with Crippen molar-refractivity contribution in [2.45, 2.75) is 25.3 Å². The van der Waals surface area contributed by atoms with E-state index in [1.54, 1.807) is 0 Å². The highest BCUT2D eigenvalue weighted by atomic mass is 16.1. The van der Waals surface area contributed by atoms with E-state index in [0.717, 1.165) is 6.29 Å². The molecule has 0 N–H and O–H groups in total. The van der Waals surface area contributed by atoms with Gasteiger partial charge < -0.3 is 4.79 Å². The second-order valence-corrected chi connectivity index (χ2v) is 3.28. The van der Waals surface area contributed by atoms with E-state index >= 15 is 0 Å². The summed E-state index contributed by atoms with van der Waals surface area (Å²) in [6.45, 7) is 0. The summed E-state index contributed by atoms with van der Waals surface area (Å²) in [6, 6.07) is 0.175. The van der Waals surface area contributed by atoms with Crippen LogP contribution in [0.5, 0.6) is 0 Å². The lowest BCUT2D eigenvalue weighted by atomic mass is 9.80. The van der Waals surface area contributed by atoms with Crippen molar-refractivity contribution in [2.24, 2.45) is 5.92 Å². The van der Waals surface area contributed by atoms with E-state index < -0.39 is 0 Å². The molecule has 0 bridgehead atoms. The van der Waals surface area contributed by atoms with Gasteiger partial charge in [-0.05, 0) is 32.9 Å². The number of hydrogen-bond donors (Lipinski definition) is 0. The molecule has 1 saturated carbocycles. The summed E-state index contributed by atoms with van der Waals surface area (Å²) in [5.41, 5.74) is 0. The molecule has 0 aromatic carbocycles. The Labute approximate surface area is 62.2 Å². The Bertz CT molecular complexity index is 118. The van der Waals surface area contributed by atoms with Gasteiger partial charge in [0, 0.05) is 0 Å². The maximum absolute atomic E-state index is 10.5. The molecule has 0 aliphatic heterocycles. The van der Waals surface area contributed by atoms with E-state index in [1.807, 2.05) is 19.0 Å². The van der Waals surface area contributed by atoms with Crippen molar-refractivity contribution in [3.05, 3.63) is 0 Å². The fourth-order valence-electron chi connectivity index (χ4n) is 1.44. The molecule has 1 aliphatic carbocycles. The molecular weight excluding hydrogens is 126 g/mol. The smallest absolute Gasteiger partial charge is 0.137 e. The number of carbonyl (C=O) groups is 1. The molecule has 0 heterocycles. The zero-order valence-corrected chi connectivity index (χ0v) is 6.71. The van der Waals surface area contributed by atoms with Crippen molar-refractivity contribution in [2.75, 3.05) is 14.1 Å². The van der Waals surface area contributed by atoms with Crippen LogP contribution in [0.3, 0.4) is 0 Å². The number of aldehydes is 1. The SMILES string of the molecule is CN(C)C(C=O)C1CCC1. The summed E-state index contributed by atoms with van der Waals surface area (Å²) in [4.78, 5) is 12.5. The van der Waals surface area contributed by atoms with Gasteiger partial charge in [-0.15, -0.1) is 0 Å². The molecule has 0 aromatic heterocycles. The molecule has 58 valence electrons. The average Bonchev–Trinajstić information content (AvgIpc) is 1.76. The molecule has 1 fully saturated rings. The fourth-order valence-corrected chi connectivity index (χ4v) is 1.44. The van der Waals surface area contributed by atoms with Crippen molar-refractivity contribution in [3.63, 3.8) is 0 Å². The van der Waals surface area contributed by atoms with E-state index in [4.69, 9.17) is 0 Å². The van der Waals surface area contributed by atoms with Gasteiger partial charge in [-0.1, -0.05) is 6.42 Å². The van der Waals surface area contributed by atoms with Crippen molar-refractivity contribution in [1.82, 2.24) is 4.90 Å². The third kappa shape index (κ3) is 1.37. The average molecular weight is 141 g/mol. The van der Waals surface area contributed by atoms with Crippen LogP contribution in [0.1, 0.15) is 19.3 Å². The Morgan fingerprint density at radius 3 is 2.20 bits per heavy atom. The molecule has 10 heavy (non-hydrogen) atoms. The van der Waals surface area contributed by atoms with Crippen LogP contribution in [0.4, 0.5) is 0 Å². The van der Waals surface area contributed by atoms with Crippen LogP contribution in [0.2, 0.25) is 0 Å². The van der Waals surface area contributed by atoms with Gasteiger partial charge in [-0.25, -0.2) is 0 Å². The Morgan fingerprint density at radius 1 is 1.50 bits per heavy atom. The second-order valence-electron chi connectivity index (χ2n) is 3.28. The van der Waals surface area contributed by atoms with Gasteiger partial charge in [0.25, 0.3) is 0 Å². The Kier molecular flexibility index (Phi) is 2.44. The third-order valence-corrected chi connectivity index (χ3v) is 2.37. The fraction of sp³-hybridized carbons (Fsp3) is 0.875. The lowest BCUT2D eigenvalue weighted by Crippen LogP contribution is -2.39. The first-order valence-corrected chi connectivity index (χ1v) is 3.87. The third-order valence-electron chi connectivity index (χ3n) is 2.37. The topological polar surface area (TPSA) is 20.3 Å². The monoisotopic (exact) mass is 141 g/mol. The summed E-state index contributed by atoms with van der Waals surface area (Å²) in [7, 11) is 3.94. The van der Waals surface area contributed by atoms with Crippen molar-refractivity contribution >= 4 is 6.29 Å². The van der Waals surface area contributed by atoms with Gasteiger partial charge in [0.1, 0.15) is 6.29 Å². The van der Waals surface area contributed by atoms with Crippen LogP contribution in [-0.4, -0.2) is 31.3 Å². The van der Waals surface area contributed by atoms with Crippen LogP contribution in [-0.2, 0) is 4.79 Å². The highest BCUT2D eigenvalue weighted by molar-refractivity contribution is 5.58. The molecule has 2 heteroatoms. The number of likely N-dealkylation sites (N-methyl/N-ethyl adjacent to an activating group) is 1. The van der Waals surface area contributed by atoms with Gasteiger partial charge in [0.2, 0.25) is 0 Å². The zero-order valence-electron chi connectivity index (χ0n) is 6.71. The minimum Gasteiger partial charge on any atom is -0.302 e. The van der Waals surface area contributed by atoms with Crippen molar-refractivity contribution in [3.8, 4) is 0 Å². The molecule has 0 aromatic rings. The summed E-state index contributed by atoms with van der Waals surface area (Å²) in [5.74, 6) is 0.646. The number of carbonyl (C=O) groups excluding carboxylic acids is 1. The largest absolute Gasteiger partial charge is 0.302 e. The van der Waals surface area contributed by atoms with Crippen LogP contribution < -0.4 is 0 Å². The maximum Gasteiger partial charge on any atom is 0.137 e. The number of hydrogen-bond acceptors (Lipinski definition) is 2. The van der Waals surface area contributed by atoms with E-state index in [2.05, 4.69) is 0 Å². The standard InChI is InChI=1S/C8H15NO/c1-9(2)8(6-10)7-4-3-5-7/h6-8H,3-5H2,1-2H3. The lowest BCUT2D eigenvalue weighted by Gasteiger charge is -2.34. The Hall–Kier alpha value is -0.370.